The number of hydrogen-bond donors (Lipinski definition) is 2. The van der Waals surface area contributed by atoms with E-state index in [-0.39, 0.29) is 24.3 Å². The lowest BCUT2D eigenvalue weighted by Gasteiger charge is -2.45. The van der Waals surface area contributed by atoms with Crippen LogP contribution in [0.4, 0.5) is 0 Å². The molecule has 1 fully saturated rings. The van der Waals surface area contributed by atoms with E-state index in [4.69, 9.17) is 16.3 Å². The summed E-state index contributed by atoms with van der Waals surface area (Å²) in [6.07, 6.45) is 8.72. The smallest absolute Gasteiger partial charge is 0.222 e. The molecule has 0 saturated carbocycles. The van der Waals surface area contributed by atoms with Crippen LogP contribution in [0.3, 0.4) is 0 Å². The minimum Gasteiger partial charge on any atom is -0.492 e. The highest BCUT2D eigenvalue weighted by Crippen LogP contribution is 2.30. The van der Waals surface area contributed by atoms with Gasteiger partial charge in [0.1, 0.15) is 18.7 Å². The predicted octanol–water partition coefficient (Wildman–Crippen LogP) is 1.52. The van der Waals surface area contributed by atoms with Crippen LogP contribution in [0.1, 0.15) is 18.9 Å². The Bertz CT molecular complexity index is 1090. The summed E-state index contributed by atoms with van der Waals surface area (Å²) in [5.74, 6) is 1.07. The van der Waals surface area contributed by atoms with E-state index in [0.29, 0.717) is 38.7 Å². The summed E-state index contributed by atoms with van der Waals surface area (Å²) in [6, 6.07) is 7.42. The molecule has 1 aromatic carbocycles. The van der Waals surface area contributed by atoms with Crippen molar-refractivity contribution in [3.05, 3.63) is 60.8 Å². The molecule has 2 atom stereocenters. The van der Waals surface area contributed by atoms with Gasteiger partial charge in [-0.25, -0.2) is 9.98 Å². The van der Waals surface area contributed by atoms with Gasteiger partial charge in [-0.1, -0.05) is 29.3 Å². The maximum atomic E-state index is 12.7. The van der Waals surface area contributed by atoms with Crippen LogP contribution >= 0.6 is 11.6 Å². The normalized spacial score (nSPS) is 22.3. The molecule has 0 aliphatic carbocycles. The molecule has 0 bridgehead atoms. The second kappa shape index (κ2) is 10.9. The van der Waals surface area contributed by atoms with Gasteiger partial charge in [0.15, 0.2) is 0 Å². The zero-order chi connectivity index (χ0) is 24.8. The van der Waals surface area contributed by atoms with Gasteiger partial charge in [-0.15, -0.1) is 0 Å². The molecular formula is C24H30ClN7O3. The largest absolute Gasteiger partial charge is 0.492 e. The molecular weight excluding hydrogens is 470 g/mol. The number of amides is 2. The lowest BCUT2D eigenvalue weighted by Crippen LogP contribution is -2.60. The number of benzene rings is 1. The van der Waals surface area contributed by atoms with Crippen LogP contribution < -0.4 is 15.4 Å². The molecule has 4 rings (SSSR count). The molecule has 1 aromatic heterocycles. The van der Waals surface area contributed by atoms with Gasteiger partial charge in [0.2, 0.25) is 22.9 Å². The number of piperazine rings is 1. The quantitative estimate of drug-likeness (QED) is 0.340. The van der Waals surface area contributed by atoms with E-state index in [0.717, 1.165) is 11.3 Å². The molecule has 2 N–H and O–H groups in total. The Labute approximate surface area is 209 Å². The summed E-state index contributed by atoms with van der Waals surface area (Å²) in [5, 5.41) is 4.82. The van der Waals surface area contributed by atoms with Crippen LogP contribution in [0, 0.1) is 6.92 Å². The van der Waals surface area contributed by atoms with Crippen LogP contribution in [0.5, 0.6) is 5.75 Å². The molecule has 10 nitrogen and oxygen atoms in total. The lowest BCUT2D eigenvalue weighted by atomic mass is 10.1. The topological polar surface area (TPSA) is 104 Å². The number of nitrogens with one attached hydrogen (secondary N) is 2. The minimum absolute atomic E-state index is 0.0720. The third kappa shape index (κ3) is 6.20. The van der Waals surface area contributed by atoms with Gasteiger partial charge in [-0.05, 0) is 25.1 Å². The fourth-order valence-corrected chi connectivity index (χ4v) is 4.44. The Morgan fingerprint density at radius 1 is 1.29 bits per heavy atom. The van der Waals surface area contributed by atoms with E-state index in [9.17, 15) is 9.59 Å². The molecule has 2 aliphatic rings. The van der Waals surface area contributed by atoms with Gasteiger partial charge in [0, 0.05) is 51.6 Å². The van der Waals surface area contributed by atoms with Crippen molar-refractivity contribution in [2.45, 2.75) is 31.4 Å². The zero-order valence-corrected chi connectivity index (χ0v) is 20.6. The minimum atomic E-state index is -1.13. The van der Waals surface area contributed by atoms with Gasteiger partial charge in [0.05, 0.1) is 12.6 Å². The molecule has 0 spiro atoms. The second-order valence-electron chi connectivity index (χ2n) is 8.55. The number of halogens is 1. The average molecular weight is 500 g/mol. The number of nitrogens with zero attached hydrogens (tertiary/aromatic N) is 5. The van der Waals surface area contributed by atoms with Crippen molar-refractivity contribution in [1.82, 2.24) is 30.0 Å². The summed E-state index contributed by atoms with van der Waals surface area (Å²) in [7, 11) is 0. The molecule has 0 radical (unpaired) electrons. The first kappa shape index (κ1) is 24.7. The molecule has 2 amide bonds. The summed E-state index contributed by atoms with van der Waals surface area (Å²) in [6.45, 7) is 5.64. The first-order chi connectivity index (χ1) is 16.8. The van der Waals surface area contributed by atoms with Crippen LogP contribution in [-0.4, -0.2) is 81.1 Å². The number of aliphatic imine (C=N–C) groups is 1. The van der Waals surface area contributed by atoms with Gasteiger partial charge >= 0.3 is 0 Å². The number of rotatable bonds is 7. The highest BCUT2D eigenvalue weighted by Gasteiger charge is 2.40. The molecule has 3 heterocycles. The van der Waals surface area contributed by atoms with Crippen molar-refractivity contribution < 1.29 is 14.3 Å². The molecule has 35 heavy (non-hydrogen) atoms. The van der Waals surface area contributed by atoms with Gasteiger partial charge in [-0.3, -0.25) is 19.1 Å². The van der Waals surface area contributed by atoms with Crippen molar-refractivity contribution in [3.8, 4) is 5.75 Å². The average Bonchev–Trinajstić information content (AvgIpc) is 3.38. The monoisotopic (exact) mass is 499 g/mol. The summed E-state index contributed by atoms with van der Waals surface area (Å²) < 4.78 is 7.40. The maximum Gasteiger partial charge on any atom is 0.222 e. The van der Waals surface area contributed by atoms with Crippen LogP contribution in [0.25, 0.3) is 0 Å². The number of carbonyl (C=O) groups excluding carboxylic acids is 2. The highest BCUT2D eigenvalue weighted by atomic mass is 35.5. The fourth-order valence-electron chi connectivity index (χ4n) is 4.14. The third-order valence-corrected chi connectivity index (χ3v) is 6.43. The highest BCUT2D eigenvalue weighted by molar-refractivity contribution is 6.25. The van der Waals surface area contributed by atoms with E-state index in [1.807, 2.05) is 36.1 Å². The molecule has 2 aliphatic heterocycles. The van der Waals surface area contributed by atoms with Crippen molar-refractivity contribution in [1.29, 1.82) is 0 Å². The van der Waals surface area contributed by atoms with E-state index < -0.39 is 5.12 Å². The van der Waals surface area contributed by atoms with Crippen molar-refractivity contribution in [3.63, 3.8) is 0 Å². The SMILES string of the molecule is CC(=O)N1CCN(C2(Cl)C=CNC(n3ccnc3)=N2)CC1CC(=O)NCCOc1ccc(C)cc1. The number of hydrogen-bond acceptors (Lipinski definition) is 7. The Kier molecular flexibility index (Phi) is 7.72. The molecule has 1 saturated heterocycles. The first-order valence-corrected chi connectivity index (χ1v) is 11.9. The molecule has 11 heteroatoms. The number of aromatic nitrogens is 2. The van der Waals surface area contributed by atoms with Crippen LogP contribution in [-0.2, 0) is 9.59 Å². The van der Waals surface area contributed by atoms with Crippen LogP contribution in [0.2, 0.25) is 0 Å². The van der Waals surface area contributed by atoms with Gasteiger partial charge in [0.25, 0.3) is 0 Å². The molecule has 186 valence electrons. The third-order valence-electron chi connectivity index (χ3n) is 5.99. The number of alkyl halides is 1. The summed E-state index contributed by atoms with van der Waals surface area (Å²) >= 11 is 6.92. The van der Waals surface area contributed by atoms with E-state index >= 15 is 0 Å². The van der Waals surface area contributed by atoms with Crippen molar-refractivity contribution in [2.24, 2.45) is 4.99 Å². The fraction of sp³-hybridized carbons (Fsp3) is 0.417. The van der Waals surface area contributed by atoms with Gasteiger partial charge < -0.3 is 20.3 Å². The lowest BCUT2D eigenvalue weighted by molar-refractivity contribution is -0.136. The Balaban J connectivity index is 1.35. The van der Waals surface area contributed by atoms with Crippen LogP contribution in [0.15, 0.2) is 60.3 Å². The zero-order valence-electron chi connectivity index (χ0n) is 19.9. The Morgan fingerprint density at radius 3 is 2.80 bits per heavy atom. The summed E-state index contributed by atoms with van der Waals surface area (Å²) in [5.41, 5.74) is 1.16. The predicted molar refractivity (Wildman–Crippen MR) is 133 cm³/mol. The standard InChI is InChI=1S/C24H30ClN7O3/c1-18-3-5-21(6-4-18)35-14-10-27-22(34)15-20-16-31(12-13-32(20)19(2)33)24(25)7-8-28-23(29-24)30-11-9-26-17-30/h3-9,11,17,20H,10,12-16H2,1-2H3,(H,27,34)(H,28,29). The Morgan fingerprint density at radius 2 is 2.09 bits per heavy atom. The van der Waals surface area contributed by atoms with E-state index in [1.165, 1.54) is 6.92 Å². The number of carbonyl (C=O) groups is 2. The van der Waals surface area contributed by atoms with Crippen molar-refractivity contribution >= 4 is 29.4 Å². The number of aryl methyl sites for hydroxylation is 1. The number of imidazole rings is 1. The van der Waals surface area contributed by atoms with E-state index in [1.54, 1.807) is 40.5 Å². The number of ether oxygens (including phenoxy) is 1. The van der Waals surface area contributed by atoms with E-state index in [2.05, 4.69) is 20.6 Å². The second-order valence-corrected chi connectivity index (χ2v) is 9.10. The van der Waals surface area contributed by atoms with Gasteiger partial charge in [-0.2, -0.15) is 0 Å². The van der Waals surface area contributed by atoms with Crippen molar-refractivity contribution in [2.75, 3.05) is 32.8 Å². The molecule has 2 unspecified atom stereocenters. The maximum absolute atomic E-state index is 12.7. The first-order valence-electron chi connectivity index (χ1n) is 11.5. The Hall–Kier alpha value is -3.37. The summed E-state index contributed by atoms with van der Waals surface area (Å²) in [4.78, 5) is 37.4. The molecule has 2 aromatic rings.